The van der Waals surface area contributed by atoms with E-state index in [1.807, 2.05) is 22.4 Å². The van der Waals surface area contributed by atoms with E-state index < -0.39 is 47.0 Å². The first kappa shape index (κ1) is 29.7. The fraction of sp³-hybridized carbons (Fsp3) is 0.333. The van der Waals surface area contributed by atoms with E-state index in [4.69, 9.17) is 5.73 Å². The van der Waals surface area contributed by atoms with Crippen LogP contribution in [-0.4, -0.2) is 40.2 Å². The minimum Gasteiger partial charge on any atom is -0.363 e. The van der Waals surface area contributed by atoms with Gasteiger partial charge < -0.3 is 10.6 Å². The Morgan fingerprint density at radius 2 is 1.62 bits per heavy atom. The number of nitrogens with two attached hydrogens (primary N) is 1. The molecule has 0 saturated carbocycles. The van der Waals surface area contributed by atoms with Crippen LogP contribution in [0.4, 0.5) is 23.2 Å². The fourth-order valence-electron chi connectivity index (χ4n) is 5.40. The van der Waals surface area contributed by atoms with Crippen molar-refractivity contribution in [1.82, 2.24) is 14.0 Å². The van der Waals surface area contributed by atoms with Crippen molar-refractivity contribution in [1.29, 1.82) is 0 Å². The molecule has 1 aliphatic rings. The van der Waals surface area contributed by atoms with Crippen LogP contribution in [0.1, 0.15) is 33.3 Å². The Bertz CT molecular complexity index is 1640. The van der Waals surface area contributed by atoms with Crippen molar-refractivity contribution in [2.45, 2.75) is 38.8 Å². The number of hydrogen-bond acceptors (Lipinski definition) is 6. The van der Waals surface area contributed by atoms with Crippen molar-refractivity contribution in [2.75, 3.05) is 31.1 Å². The van der Waals surface area contributed by atoms with Crippen LogP contribution in [0.15, 0.2) is 75.6 Å². The smallest absolute Gasteiger partial charge is 0.363 e. The van der Waals surface area contributed by atoms with Crippen molar-refractivity contribution < 1.29 is 17.6 Å². The van der Waals surface area contributed by atoms with Gasteiger partial charge in [-0.15, -0.1) is 11.3 Å². The quantitative estimate of drug-likeness (QED) is 0.299. The molecule has 1 aliphatic heterocycles. The fourth-order valence-corrected chi connectivity index (χ4v) is 6.14. The second-order valence-corrected chi connectivity index (χ2v) is 11.4. The normalized spacial score (nSPS) is 15.2. The molecule has 0 bridgehead atoms. The lowest BCUT2D eigenvalue weighted by atomic mass is 10.1. The minimum absolute atomic E-state index is 0.178. The second-order valence-electron chi connectivity index (χ2n) is 10.3. The molecule has 1 fully saturated rings. The van der Waals surface area contributed by atoms with E-state index in [0.717, 1.165) is 33.9 Å². The van der Waals surface area contributed by atoms with Crippen LogP contribution >= 0.6 is 11.3 Å². The number of anilines is 1. The van der Waals surface area contributed by atoms with Gasteiger partial charge in [0.25, 0.3) is 5.56 Å². The first-order valence-corrected chi connectivity index (χ1v) is 14.4. The zero-order valence-corrected chi connectivity index (χ0v) is 23.8. The van der Waals surface area contributed by atoms with Crippen molar-refractivity contribution in [2.24, 2.45) is 5.73 Å². The van der Waals surface area contributed by atoms with Crippen LogP contribution in [0.3, 0.4) is 0 Å². The number of hydrogen-bond donors (Lipinski definition) is 1. The lowest BCUT2D eigenvalue weighted by molar-refractivity contribution is -0.138. The van der Waals surface area contributed by atoms with Gasteiger partial charge in [-0.05, 0) is 36.1 Å². The molecule has 1 saturated heterocycles. The molecule has 2 aromatic carbocycles. The van der Waals surface area contributed by atoms with E-state index in [1.165, 1.54) is 11.8 Å². The molecule has 42 heavy (non-hydrogen) atoms. The molecule has 3 heterocycles. The van der Waals surface area contributed by atoms with Gasteiger partial charge in [-0.1, -0.05) is 42.5 Å². The Labute approximate surface area is 244 Å². The monoisotopic (exact) mass is 601 g/mol. The maximum absolute atomic E-state index is 14.9. The highest BCUT2D eigenvalue weighted by Crippen LogP contribution is 2.33. The molecule has 0 spiro atoms. The van der Waals surface area contributed by atoms with Crippen molar-refractivity contribution >= 4 is 17.0 Å². The van der Waals surface area contributed by atoms with E-state index >= 15 is 0 Å². The number of nitrogens with zero attached hydrogens (tertiary/aromatic N) is 4. The molecular formula is C30H31F4N5O2S. The summed E-state index contributed by atoms with van der Waals surface area (Å²) in [6.45, 7) is 3.63. The predicted molar refractivity (Wildman–Crippen MR) is 155 cm³/mol. The zero-order valence-electron chi connectivity index (χ0n) is 23.0. The molecule has 12 heteroatoms. The third-order valence-corrected chi connectivity index (χ3v) is 8.51. The number of piperazine rings is 1. The van der Waals surface area contributed by atoms with Crippen molar-refractivity contribution in [3.8, 4) is 0 Å². The summed E-state index contributed by atoms with van der Waals surface area (Å²) in [5.41, 5.74) is 4.20. The van der Waals surface area contributed by atoms with Gasteiger partial charge in [0.15, 0.2) is 0 Å². The van der Waals surface area contributed by atoms with Crippen LogP contribution in [0, 0.1) is 12.7 Å². The molecule has 7 nitrogen and oxygen atoms in total. The third kappa shape index (κ3) is 6.20. The van der Waals surface area contributed by atoms with Crippen LogP contribution < -0.4 is 21.9 Å². The highest BCUT2D eigenvalue weighted by Gasteiger charge is 2.35. The topological polar surface area (TPSA) is 76.5 Å². The summed E-state index contributed by atoms with van der Waals surface area (Å²) in [6, 6.07) is 14.9. The molecule has 2 N–H and O–H groups in total. The molecule has 0 radical (unpaired) electrons. The second kappa shape index (κ2) is 12.2. The molecule has 2 aromatic heterocycles. The average molecular weight is 602 g/mol. The first-order valence-electron chi connectivity index (χ1n) is 13.5. The first-order chi connectivity index (χ1) is 20.0. The molecule has 0 aliphatic carbocycles. The summed E-state index contributed by atoms with van der Waals surface area (Å²) < 4.78 is 58.4. The van der Waals surface area contributed by atoms with E-state index in [1.54, 1.807) is 35.6 Å². The van der Waals surface area contributed by atoms with Gasteiger partial charge in [-0.3, -0.25) is 18.8 Å². The third-order valence-electron chi connectivity index (χ3n) is 7.65. The van der Waals surface area contributed by atoms with Gasteiger partial charge >= 0.3 is 11.9 Å². The summed E-state index contributed by atoms with van der Waals surface area (Å²) in [4.78, 5) is 33.0. The molecule has 1 atom stereocenters. The highest BCUT2D eigenvalue weighted by molar-refractivity contribution is 7.09. The Balaban J connectivity index is 1.56. The summed E-state index contributed by atoms with van der Waals surface area (Å²) >= 11 is 1.66. The van der Waals surface area contributed by atoms with Crippen LogP contribution in [-0.2, 0) is 25.8 Å². The summed E-state index contributed by atoms with van der Waals surface area (Å²) in [7, 11) is 0. The van der Waals surface area contributed by atoms with Crippen molar-refractivity contribution in [3.05, 3.63) is 120 Å². The Kier molecular flexibility index (Phi) is 8.67. The maximum Gasteiger partial charge on any atom is 0.416 e. The molecule has 5 rings (SSSR count). The highest BCUT2D eigenvalue weighted by atomic mass is 32.1. The van der Waals surface area contributed by atoms with Crippen LogP contribution in [0.5, 0.6) is 0 Å². The van der Waals surface area contributed by atoms with Crippen LogP contribution in [0.25, 0.3) is 0 Å². The SMILES string of the molecule is Cc1c(N2CCN(Cc3cccs3)CC2)c(=O)n(C[C@@H](N)c2ccccc2)c(=O)n1Cc1c(F)cccc1C(F)(F)F. The zero-order chi connectivity index (χ0) is 30.0. The van der Waals surface area contributed by atoms with Crippen LogP contribution in [0.2, 0.25) is 0 Å². The molecular weight excluding hydrogens is 570 g/mol. The maximum atomic E-state index is 14.9. The van der Waals surface area contributed by atoms with Gasteiger partial charge in [0.1, 0.15) is 11.5 Å². The van der Waals surface area contributed by atoms with E-state index in [9.17, 15) is 27.2 Å². The standard InChI is InChI=1S/C30H31F4N5O2S/c1-20-27(37-14-12-36(13-15-37)17-22-9-6-16-42-22)28(40)39(19-26(35)21-7-3-2-4-8-21)29(41)38(20)18-23-24(30(32,33)34)10-5-11-25(23)31/h2-11,16,26H,12-15,17-19,35H2,1H3/t26-/m1/s1. The number of halogens is 4. The molecule has 222 valence electrons. The average Bonchev–Trinajstić information content (AvgIpc) is 3.48. The number of alkyl halides is 3. The molecule has 0 amide bonds. The lowest BCUT2D eigenvalue weighted by Gasteiger charge is -2.36. The van der Waals surface area contributed by atoms with Crippen molar-refractivity contribution in [3.63, 3.8) is 0 Å². The van der Waals surface area contributed by atoms with E-state index in [0.29, 0.717) is 31.7 Å². The predicted octanol–water partition coefficient (Wildman–Crippen LogP) is 4.61. The van der Waals surface area contributed by atoms with Gasteiger partial charge in [-0.25, -0.2) is 9.18 Å². The number of aromatic nitrogens is 2. The molecule has 0 unspecified atom stereocenters. The van der Waals surface area contributed by atoms with E-state index in [-0.39, 0.29) is 17.9 Å². The van der Waals surface area contributed by atoms with Gasteiger partial charge in [0, 0.05) is 54.9 Å². The Hall–Kier alpha value is -3.74. The Morgan fingerprint density at radius 3 is 2.26 bits per heavy atom. The van der Waals surface area contributed by atoms with Gasteiger partial charge in [0.2, 0.25) is 0 Å². The van der Waals surface area contributed by atoms with Gasteiger partial charge in [-0.2, -0.15) is 13.2 Å². The van der Waals surface area contributed by atoms with E-state index in [2.05, 4.69) is 11.0 Å². The summed E-state index contributed by atoms with van der Waals surface area (Å²) in [5.74, 6) is -1.08. The van der Waals surface area contributed by atoms with Gasteiger partial charge in [0.05, 0.1) is 18.7 Å². The number of benzene rings is 2. The summed E-state index contributed by atoms with van der Waals surface area (Å²) in [5, 5.41) is 2.01. The minimum atomic E-state index is -4.83. The Morgan fingerprint density at radius 1 is 0.905 bits per heavy atom. The largest absolute Gasteiger partial charge is 0.416 e. The summed E-state index contributed by atoms with van der Waals surface area (Å²) in [6.07, 6.45) is -4.83. The number of thiophene rings is 1. The lowest BCUT2D eigenvalue weighted by Crippen LogP contribution is -2.51. The molecule has 4 aromatic rings. The number of rotatable bonds is 8.